The third kappa shape index (κ3) is 1.92. The van der Waals surface area contributed by atoms with E-state index >= 15 is 0 Å². The molecule has 2 fully saturated rings. The molecular formula is C10H11F3O2. The van der Waals surface area contributed by atoms with Crippen LogP contribution in [0, 0.1) is 11.3 Å². The molecule has 0 N–H and O–H groups in total. The normalized spacial score (nSPS) is 29.3. The van der Waals surface area contributed by atoms with Gasteiger partial charge in [0.2, 0.25) is 5.78 Å². The number of hydrogen-bond acceptors (Lipinski definition) is 2. The van der Waals surface area contributed by atoms with Crippen molar-refractivity contribution in [1.29, 1.82) is 0 Å². The highest BCUT2D eigenvalue weighted by molar-refractivity contribution is 6.05. The zero-order valence-corrected chi connectivity index (χ0v) is 8.06. The second-order valence-corrected chi connectivity index (χ2v) is 4.59. The molecule has 0 heterocycles. The number of carbonyl (C=O) groups is 2. The van der Waals surface area contributed by atoms with Crippen molar-refractivity contribution in [2.24, 2.45) is 11.3 Å². The fourth-order valence-electron chi connectivity index (χ4n) is 2.28. The highest BCUT2D eigenvalue weighted by Crippen LogP contribution is 2.57. The van der Waals surface area contributed by atoms with Crippen LogP contribution in [0.4, 0.5) is 13.2 Å². The molecule has 0 saturated heterocycles. The number of halogens is 3. The second-order valence-electron chi connectivity index (χ2n) is 4.59. The SMILES string of the molecule is O=C1CCC2(CC2)CC1C(=O)C(F)(F)F. The van der Waals surface area contributed by atoms with Crippen LogP contribution in [0.15, 0.2) is 0 Å². The highest BCUT2D eigenvalue weighted by Gasteiger charge is 2.54. The number of carbonyl (C=O) groups excluding carboxylic acids is 2. The number of hydrogen-bond donors (Lipinski definition) is 0. The largest absolute Gasteiger partial charge is 0.450 e. The van der Waals surface area contributed by atoms with Crippen molar-refractivity contribution < 1.29 is 22.8 Å². The van der Waals surface area contributed by atoms with E-state index in [9.17, 15) is 22.8 Å². The van der Waals surface area contributed by atoms with Gasteiger partial charge in [0.1, 0.15) is 5.78 Å². The Balaban J connectivity index is 2.13. The number of Topliss-reactive ketones (excluding diaryl/α,β-unsaturated/α-hetero) is 2. The van der Waals surface area contributed by atoms with Crippen molar-refractivity contribution in [3.8, 4) is 0 Å². The lowest BCUT2D eigenvalue weighted by Gasteiger charge is -2.27. The third-order valence-corrected chi connectivity index (χ3v) is 3.48. The van der Waals surface area contributed by atoms with E-state index in [1.54, 1.807) is 0 Å². The van der Waals surface area contributed by atoms with Crippen molar-refractivity contribution in [3.05, 3.63) is 0 Å². The first kappa shape index (κ1) is 10.6. The Morgan fingerprint density at radius 3 is 2.33 bits per heavy atom. The van der Waals surface area contributed by atoms with Crippen LogP contribution >= 0.6 is 0 Å². The van der Waals surface area contributed by atoms with Crippen LogP contribution in [-0.4, -0.2) is 17.7 Å². The first-order chi connectivity index (χ1) is 6.84. The van der Waals surface area contributed by atoms with Gasteiger partial charge in [0, 0.05) is 6.42 Å². The van der Waals surface area contributed by atoms with E-state index in [0.29, 0.717) is 6.42 Å². The van der Waals surface area contributed by atoms with E-state index in [0.717, 1.165) is 12.8 Å². The average molecular weight is 220 g/mol. The van der Waals surface area contributed by atoms with Crippen molar-refractivity contribution in [1.82, 2.24) is 0 Å². The van der Waals surface area contributed by atoms with E-state index < -0.39 is 23.7 Å². The van der Waals surface area contributed by atoms with Crippen molar-refractivity contribution in [2.75, 3.05) is 0 Å². The minimum atomic E-state index is -4.87. The summed E-state index contributed by atoms with van der Waals surface area (Å²) in [6.07, 6.45) is -2.23. The Kier molecular flexibility index (Phi) is 2.17. The van der Waals surface area contributed by atoms with E-state index in [-0.39, 0.29) is 18.3 Å². The summed E-state index contributed by atoms with van der Waals surface area (Å²) in [5.74, 6) is -3.80. The second kappa shape index (κ2) is 3.06. The standard InChI is InChI=1S/C10H11F3O2/c11-10(12,13)8(15)6-5-9(3-4-9)2-1-7(6)14/h6H,1-5H2. The summed E-state index contributed by atoms with van der Waals surface area (Å²) < 4.78 is 36.5. The first-order valence-electron chi connectivity index (χ1n) is 4.98. The van der Waals surface area contributed by atoms with Crippen LogP contribution in [0.1, 0.15) is 32.1 Å². The zero-order valence-electron chi connectivity index (χ0n) is 8.06. The molecule has 0 aromatic rings. The molecule has 84 valence electrons. The smallest absolute Gasteiger partial charge is 0.299 e. The van der Waals surface area contributed by atoms with E-state index in [2.05, 4.69) is 0 Å². The molecule has 2 saturated carbocycles. The van der Waals surface area contributed by atoms with Crippen LogP contribution in [0.2, 0.25) is 0 Å². The number of ketones is 2. The molecule has 2 nitrogen and oxygen atoms in total. The fourth-order valence-corrected chi connectivity index (χ4v) is 2.28. The highest BCUT2D eigenvalue weighted by atomic mass is 19.4. The van der Waals surface area contributed by atoms with Gasteiger partial charge >= 0.3 is 6.18 Å². The summed E-state index contributed by atoms with van der Waals surface area (Å²) in [5.41, 5.74) is -0.112. The quantitative estimate of drug-likeness (QED) is 0.635. The van der Waals surface area contributed by atoms with Crippen molar-refractivity contribution in [2.45, 2.75) is 38.3 Å². The van der Waals surface area contributed by atoms with Gasteiger partial charge in [0.15, 0.2) is 0 Å². The van der Waals surface area contributed by atoms with Gasteiger partial charge in [0.25, 0.3) is 0 Å². The Labute approximate surface area is 84.8 Å². The van der Waals surface area contributed by atoms with Gasteiger partial charge < -0.3 is 0 Å². The van der Waals surface area contributed by atoms with Crippen LogP contribution in [0.5, 0.6) is 0 Å². The van der Waals surface area contributed by atoms with Crippen molar-refractivity contribution >= 4 is 11.6 Å². The molecule has 0 amide bonds. The van der Waals surface area contributed by atoms with Crippen LogP contribution < -0.4 is 0 Å². The lowest BCUT2D eigenvalue weighted by molar-refractivity contribution is -0.178. The Morgan fingerprint density at radius 1 is 1.27 bits per heavy atom. The molecule has 2 aliphatic carbocycles. The Bertz CT molecular complexity index is 315. The van der Waals surface area contributed by atoms with Crippen LogP contribution in [0.3, 0.4) is 0 Å². The van der Waals surface area contributed by atoms with Crippen molar-refractivity contribution in [3.63, 3.8) is 0 Å². The van der Waals surface area contributed by atoms with Gasteiger partial charge in [-0.1, -0.05) is 0 Å². The molecule has 5 heteroatoms. The molecule has 0 aromatic carbocycles. The molecular weight excluding hydrogens is 209 g/mol. The maximum absolute atomic E-state index is 12.2. The van der Waals surface area contributed by atoms with Crippen LogP contribution in [0.25, 0.3) is 0 Å². The summed E-state index contributed by atoms with van der Waals surface area (Å²) in [5, 5.41) is 0. The monoisotopic (exact) mass is 220 g/mol. The molecule has 0 aliphatic heterocycles. The maximum Gasteiger partial charge on any atom is 0.450 e. The molecule has 1 spiro atoms. The summed E-state index contributed by atoms with van der Waals surface area (Å²) >= 11 is 0. The number of rotatable bonds is 1. The molecule has 0 radical (unpaired) electrons. The third-order valence-electron chi connectivity index (χ3n) is 3.48. The first-order valence-corrected chi connectivity index (χ1v) is 4.98. The topological polar surface area (TPSA) is 34.1 Å². The molecule has 2 rings (SSSR count). The summed E-state index contributed by atoms with van der Waals surface area (Å²) in [6.45, 7) is 0. The van der Waals surface area contributed by atoms with E-state index in [1.165, 1.54) is 0 Å². The minimum Gasteiger partial charge on any atom is -0.299 e. The lowest BCUT2D eigenvalue weighted by atomic mass is 9.76. The minimum absolute atomic E-state index is 0.112. The van der Waals surface area contributed by atoms with Gasteiger partial charge in [-0.3, -0.25) is 9.59 Å². The van der Waals surface area contributed by atoms with Gasteiger partial charge in [-0.25, -0.2) is 0 Å². The molecule has 15 heavy (non-hydrogen) atoms. The van der Waals surface area contributed by atoms with Gasteiger partial charge in [-0.05, 0) is 31.1 Å². The predicted octanol–water partition coefficient (Wildman–Crippen LogP) is 2.27. The van der Waals surface area contributed by atoms with Gasteiger partial charge in [0.05, 0.1) is 5.92 Å². The average Bonchev–Trinajstić information content (AvgIpc) is 2.88. The molecule has 2 aliphatic rings. The summed E-state index contributed by atoms with van der Waals surface area (Å²) in [7, 11) is 0. The number of alkyl halides is 3. The molecule has 0 bridgehead atoms. The van der Waals surface area contributed by atoms with E-state index in [1.807, 2.05) is 0 Å². The Morgan fingerprint density at radius 2 is 1.87 bits per heavy atom. The van der Waals surface area contributed by atoms with Gasteiger partial charge in [-0.15, -0.1) is 0 Å². The maximum atomic E-state index is 12.2. The van der Waals surface area contributed by atoms with Crippen LogP contribution in [-0.2, 0) is 9.59 Å². The molecule has 0 aromatic heterocycles. The Hall–Kier alpha value is -0.870. The zero-order chi connectivity index (χ0) is 11.3. The summed E-state index contributed by atoms with van der Waals surface area (Å²) in [6, 6.07) is 0. The lowest BCUT2D eigenvalue weighted by Crippen LogP contribution is -2.39. The molecule has 1 unspecified atom stereocenters. The van der Waals surface area contributed by atoms with Gasteiger partial charge in [-0.2, -0.15) is 13.2 Å². The predicted molar refractivity (Wildman–Crippen MR) is 45.1 cm³/mol. The summed E-state index contributed by atoms with van der Waals surface area (Å²) in [4.78, 5) is 22.3. The fraction of sp³-hybridized carbons (Fsp3) is 0.800. The van der Waals surface area contributed by atoms with E-state index in [4.69, 9.17) is 0 Å². The molecule has 1 atom stereocenters.